The number of hydrazone groups is 1. The summed E-state index contributed by atoms with van der Waals surface area (Å²) in [7, 11) is 0. The molecule has 0 saturated heterocycles. The fourth-order valence-electron chi connectivity index (χ4n) is 2.53. The third-order valence-corrected chi connectivity index (χ3v) is 4.10. The Labute approximate surface area is 164 Å². The number of nitro benzene ring substituents is 1. The predicted octanol–water partition coefficient (Wildman–Crippen LogP) is 2.79. The molecule has 0 atom stereocenters. The van der Waals surface area contributed by atoms with E-state index in [4.69, 9.17) is 11.6 Å². The molecule has 1 aliphatic heterocycles. The Hall–Kier alpha value is -3.72. The van der Waals surface area contributed by atoms with Gasteiger partial charge >= 0.3 is 0 Å². The van der Waals surface area contributed by atoms with Crippen LogP contribution >= 0.6 is 11.6 Å². The third kappa shape index (κ3) is 3.84. The zero-order chi connectivity index (χ0) is 20.3. The lowest BCUT2D eigenvalue weighted by atomic mass is 10.2. The molecule has 10 heteroatoms. The van der Waals surface area contributed by atoms with Gasteiger partial charge in [-0.2, -0.15) is 10.1 Å². The Morgan fingerprint density at radius 2 is 2.00 bits per heavy atom. The van der Waals surface area contributed by atoms with Crippen LogP contribution in [0.5, 0.6) is 0 Å². The maximum atomic E-state index is 12.6. The summed E-state index contributed by atoms with van der Waals surface area (Å²) in [5, 5.41) is 16.9. The van der Waals surface area contributed by atoms with Gasteiger partial charge in [0.15, 0.2) is 0 Å². The molecule has 3 rings (SSSR count). The van der Waals surface area contributed by atoms with Crippen LogP contribution in [0, 0.1) is 10.1 Å². The van der Waals surface area contributed by atoms with E-state index in [2.05, 4.69) is 16.0 Å². The van der Waals surface area contributed by atoms with E-state index in [1.54, 1.807) is 31.2 Å². The van der Waals surface area contributed by atoms with Crippen LogP contribution in [0.1, 0.15) is 17.3 Å². The number of hydrazine groups is 1. The summed E-state index contributed by atoms with van der Waals surface area (Å²) >= 11 is 5.95. The van der Waals surface area contributed by atoms with E-state index in [0.717, 1.165) is 0 Å². The van der Waals surface area contributed by atoms with E-state index in [9.17, 15) is 19.7 Å². The van der Waals surface area contributed by atoms with Crippen LogP contribution in [0.15, 0.2) is 65.4 Å². The first-order valence-corrected chi connectivity index (χ1v) is 8.41. The second kappa shape index (κ2) is 7.89. The van der Waals surface area contributed by atoms with Gasteiger partial charge in [-0.1, -0.05) is 29.8 Å². The summed E-state index contributed by atoms with van der Waals surface area (Å²) in [6.07, 6.45) is 1.28. The van der Waals surface area contributed by atoms with E-state index in [-0.39, 0.29) is 16.8 Å². The Morgan fingerprint density at radius 3 is 2.71 bits per heavy atom. The van der Waals surface area contributed by atoms with E-state index in [0.29, 0.717) is 16.4 Å². The molecule has 142 valence electrons. The minimum absolute atomic E-state index is 0.109. The lowest BCUT2D eigenvalue weighted by Crippen LogP contribution is -2.35. The Kier molecular flexibility index (Phi) is 5.37. The van der Waals surface area contributed by atoms with Crippen molar-refractivity contribution in [1.82, 2.24) is 10.9 Å². The maximum absolute atomic E-state index is 12.6. The molecule has 0 spiro atoms. The average Bonchev–Trinajstić information content (AvgIpc) is 2.96. The molecule has 9 nitrogen and oxygen atoms in total. The monoisotopic (exact) mass is 399 g/mol. The van der Waals surface area contributed by atoms with E-state index in [1.807, 2.05) is 0 Å². The number of benzene rings is 2. The van der Waals surface area contributed by atoms with Crippen LogP contribution in [0.2, 0.25) is 5.02 Å². The Morgan fingerprint density at radius 1 is 1.25 bits per heavy atom. The van der Waals surface area contributed by atoms with Crippen molar-refractivity contribution in [2.24, 2.45) is 5.10 Å². The van der Waals surface area contributed by atoms with Gasteiger partial charge in [-0.3, -0.25) is 25.1 Å². The molecule has 0 fully saturated rings. The van der Waals surface area contributed by atoms with E-state index in [1.165, 1.54) is 35.5 Å². The number of para-hydroxylation sites is 1. The average molecular weight is 400 g/mol. The number of carbonyl (C=O) groups excluding carboxylic acids is 2. The van der Waals surface area contributed by atoms with Crippen molar-refractivity contribution in [3.8, 4) is 0 Å². The number of rotatable bonds is 5. The zero-order valence-corrected chi connectivity index (χ0v) is 15.3. The summed E-state index contributed by atoms with van der Waals surface area (Å²) in [6, 6.07) is 12.2. The van der Waals surface area contributed by atoms with Gasteiger partial charge in [-0.25, -0.2) is 0 Å². The van der Waals surface area contributed by atoms with Gasteiger partial charge in [0.1, 0.15) is 5.56 Å². The standard InChI is InChI=1S/C18H14ClN5O4/c1-11-15(18(26)23(22-11)13-6-4-5-12(19)9-13)10-20-21-17(25)14-7-2-3-8-16(14)24(27)28/h2-10,20H,1H3,(H,21,25)/b15-10-. The molecule has 0 radical (unpaired) electrons. The van der Waals surface area contributed by atoms with Gasteiger partial charge in [0.2, 0.25) is 0 Å². The minimum Gasteiger partial charge on any atom is -0.305 e. The lowest BCUT2D eigenvalue weighted by molar-refractivity contribution is -0.385. The number of anilines is 1. The molecule has 0 bridgehead atoms. The van der Waals surface area contributed by atoms with Crippen molar-refractivity contribution in [3.63, 3.8) is 0 Å². The maximum Gasteiger partial charge on any atom is 0.282 e. The highest BCUT2D eigenvalue weighted by Gasteiger charge is 2.29. The molecular weight excluding hydrogens is 386 g/mol. The van der Waals surface area contributed by atoms with Crippen LogP contribution in [0.3, 0.4) is 0 Å². The van der Waals surface area contributed by atoms with Gasteiger partial charge in [0.05, 0.1) is 21.9 Å². The van der Waals surface area contributed by atoms with Crippen LogP contribution in [0.4, 0.5) is 11.4 Å². The SMILES string of the molecule is CC1=NN(c2cccc(Cl)c2)C(=O)/C1=C\NNC(=O)c1ccccc1[N+](=O)[O-]. The summed E-state index contributed by atoms with van der Waals surface area (Å²) in [5.41, 5.74) is 5.53. The van der Waals surface area contributed by atoms with Crippen LogP contribution in [-0.4, -0.2) is 22.4 Å². The van der Waals surface area contributed by atoms with Crippen LogP contribution < -0.4 is 15.9 Å². The summed E-state index contributed by atoms with van der Waals surface area (Å²) in [4.78, 5) is 35.1. The highest BCUT2D eigenvalue weighted by Crippen LogP contribution is 2.25. The summed E-state index contributed by atoms with van der Waals surface area (Å²) < 4.78 is 0. The fourth-order valence-corrected chi connectivity index (χ4v) is 2.72. The van der Waals surface area contributed by atoms with Crippen molar-refractivity contribution < 1.29 is 14.5 Å². The molecule has 0 unspecified atom stereocenters. The van der Waals surface area contributed by atoms with Gasteiger partial charge in [-0.15, -0.1) is 0 Å². The molecule has 1 heterocycles. The lowest BCUT2D eigenvalue weighted by Gasteiger charge is -2.12. The molecule has 1 aliphatic rings. The van der Waals surface area contributed by atoms with Gasteiger partial charge in [0, 0.05) is 17.3 Å². The molecule has 28 heavy (non-hydrogen) atoms. The van der Waals surface area contributed by atoms with E-state index < -0.39 is 16.7 Å². The van der Waals surface area contributed by atoms with Crippen molar-refractivity contribution in [1.29, 1.82) is 0 Å². The quantitative estimate of drug-likeness (QED) is 0.455. The topological polar surface area (TPSA) is 117 Å². The molecular formula is C18H14ClN5O4. The van der Waals surface area contributed by atoms with Crippen LogP contribution in [-0.2, 0) is 4.79 Å². The first-order chi connectivity index (χ1) is 13.4. The van der Waals surface area contributed by atoms with Crippen molar-refractivity contribution >= 4 is 40.5 Å². The second-order valence-corrected chi connectivity index (χ2v) is 6.15. The Bertz CT molecular complexity index is 1030. The summed E-state index contributed by atoms with van der Waals surface area (Å²) in [6.45, 7) is 1.64. The van der Waals surface area contributed by atoms with Crippen molar-refractivity contribution in [2.45, 2.75) is 6.92 Å². The number of carbonyl (C=O) groups is 2. The molecule has 0 aromatic heterocycles. The normalized spacial score (nSPS) is 14.8. The first kappa shape index (κ1) is 19.1. The van der Waals surface area contributed by atoms with Gasteiger partial charge in [0.25, 0.3) is 17.5 Å². The second-order valence-electron chi connectivity index (χ2n) is 5.71. The smallest absolute Gasteiger partial charge is 0.282 e. The van der Waals surface area contributed by atoms with Crippen LogP contribution in [0.25, 0.3) is 0 Å². The number of hydrogen-bond acceptors (Lipinski definition) is 6. The zero-order valence-electron chi connectivity index (χ0n) is 14.5. The van der Waals surface area contributed by atoms with E-state index >= 15 is 0 Å². The van der Waals surface area contributed by atoms with Crippen molar-refractivity contribution in [3.05, 3.63) is 81.0 Å². The molecule has 2 N–H and O–H groups in total. The van der Waals surface area contributed by atoms with Gasteiger partial charge < -0.3 is 5.43 Å². The third-order valence-electron chi connectivity index (χ3n) is 3.86. The largest absolute Gasteiger partial charge is 0.305 e. The minimum atomic E-state index is -0.712. The Balaban J connectivity index is 1.72. The number of nitrogens with zero attached hydrogens (tertiary/aromatic N) is 3. The molecule has 2 amide bonds. The first-order valence-electron chi connectivity index (χ1n) is 8.03. The molecule has 0 saturated carbocycles. The molecule has 0 aliphatic carbocycles. The number of hydrogen-bond donors (Lipinski definition) is 2. The highest BCUT2D eigenvalue weighted by atomic mass is 35.5. The summed E-state index contributed by atoms with van der Waals surface area (Å²) in [5.74, 6) is -1.12. The predicted molar refractivity (Wildman–Crippen MR) is 104 cm³/mol. The molecule has 2 aromatic rings. The fraction of sp³-hybridized carbons (Fsp3) is 0.0556. The number of nitro groups is 1. The number of amides is 2. The molecule has 2 aromatic carbocycles. The highest BCUT2D eigenvalue weighted by molar-refractivity contribution is 6.32. The van der Waals surface area contributed by atoms with Crippen molar-refractivity contribution in [2.75, 3.05) is 5.01 Å². The van der Waals surface area contributed by atoms with Gasteiger partial charge in [-0.05, 0) is 31.2 Å². The number of nitrogens with one attached hydrogen (secondary N) is 2. The number of halogens is 1.